The number of anilines is 2. The number of pyridine rings is 1. The molecule has 11 nitrogen and oxygen atoms in total. The zero-order valence-corrected chi connectivity index (χ0v) is 22.5. The van der Waals surface area contributed by atoms with Crippen molar-refractivity contribution < 1.29 is 19.2 Å². The molecule has 208 valence electrons. The Balaban J connectivity index is 1.03. The van der Waals surface area contributed by atoms with Gasteiger partial charge in [-0.1, -0.05) is 0 Å². The number of piperidine rings is 1. The Morgan fingerprint density at radius 3 is 2.56 bits per heavy atom. The van der Waals surface area contributed by atoms with Gasteiger partial charge in [-0.25, -0.2) is 0 Å². The van der Waals surface area contributed by atoms with Crippen molar-refractivity contribution in [2.45, 2.75) is 56.5 Å². The second kappa shape index (κ2) is 9.69. The maximum Gasteiger partial charge on any atom is 0.262 e. The molecule has 0 spiro atoms. The lowest BCUT2D eigenvalue weighted by Gasteiger charge is -2.29. The second-order valence-corrected chi connectivity index (χ2v) is 11.0. The predicted molar refractivity (Wildman–Crippen MR) is 150 cm³/mol. The molecule has 11 heteroatoms. The summed E-state index contributed by atoms with van der Waals surface area (Å²) in [5, 5.41) is 13.7. The maximum atomic E-state index is 13.1. The molecule has 1 aromatic carbocycles. The summed E-state index contributed by atoms with van der Waals surface area (Å²) in [4.78, 5) is 55.4. The lowest BCUT2D eigenvalue weighted by atomic mass is 9.87. The number of benzene rings is 1. The van der Waals surface area contributed by atoms with Crippen molar-refractivity contribution in [3.63, 3.8) is 0 Å². The van der Waals surface area contributed by atoms with E-state index in [2.05, 4.69) is 31.8 Å². The van der Waals surface area contributed by atoms with Gasteiger partial charge in [0.1, 0.15) is 6.04 Å². The predicted octanol–water partition coefficient (Wildman–Crippen LogP) is 3.60. The van der Waals surface area contributed by atoms with Gasteiger partial charge in [0.2, 0.25) is 11.8 Å². The fourth-order valence-electron chi connectivity index (χ4n) is 5.85. The number of aromatic nitrogens is 3. The summed E-state index contributed by atoms with van der Waals surface area (Å²) < 4.78 is 2.08. The highest BCUT2D eigenvalue weighted by Gasteiger charge is 2.44. The fourth-order valence-corrected chi connectivity index (χ4v) is 5.85. The number of allylic oxidation sites excluding steroid dienone is 1. The third-order valence-electron chi connectivity index (χ3n) is 8.31. The van der Waals surface area contributed by atoms with Crippen LogP contribution in [0.4, 0.5) is 11.4 Å². The molecule has 4 heterocycles. The van der Waals surface area contributed by atoms with Gasteiger partial charge in [0.05, 0.1) is 34.2 Å². The molecule has 1 atom stereocenters. The molecule has 3 N–H and O–H groups in total. The van der Waals surface area contributed by atoms with Gasteiger partial charge >= 0.3 is 0 Å². The molecular formula is C30H29N7O4. The van der Waals surface area contributed by atoms with Gasteiger partial charge in [0.25, 0.3) is 11.8 Å². The first-order valence-electron chi connectivity index (χ1n) is 13.9. The molecule has 2 aliphatic heterocycles. The van der Waals surface area contributed by atoms with E-state index in [1.54, 1.807) is 18.2 Å². The van der Waals surface area contributed by atoms with E-state index in [0.29, 0.717) is 11.6 Å². The first-order chi connectivity index (χ1) is 19.9. The van der Waals surface area contributed by atoms with Crippen LogP contribution < -0.4 is 16.0 Å². The molecule has 3 aromatic rings. The highest BCUT2D eigenvalue weighted by atomic mass is 16.2. The molecule has 7 rings (SSSR count). The number of amides is 4. The average Bonchev–Trinajstić information content (AvgIpc) is 3.66. The Morgan fingerprint density at radius 1 is 1.00 bits per heavy atom. The van der Waals surface area contributed by atoms with Crippen molar-refractivity contribution in [3.05, 3.63) is 71.3 Å². The lowest BCUT2D eigenvalue weighted by Crippen LogP contribution is -2.54. The minimum absolute atomic E-state index is 0.0903. The molecule has 2 aliphatic carbocycles. The zero-order chi connectivity index (χ0) is 28.2. The van der Waals surface area contributed by atoms with Crippen LogP contribution in [-0.2, 0) is 9.59 Å². The van der Waals surface area contributed by atoms with Crippen molar-refractivity contribution in [3.8, 4) is 11.3 Å². The van der Waals surface area contributed by atoms with E-state index < -0.39 is 29.7 Å². The summed E-state index contributed by atoms with van der Waals surface area (Å²) in [6.45, 7) is 0. The SMILES string of the molecule is CNc1cccnc1-c1cn(C2CC(=CNc3ccc4c(c3)C(=O)N(C3CCC(=O)NC3=O)C4=O)C2)nc1C1CC1. The molecule has 4 aliphatic rings. The molecule has 0 radical (unpaired) electrons. The number of nitrogens with one attached hydrogen (secondary N) is 3. The summed E-state index contributed by atoms with van der Waals surface area (Å²) >= 11 is 0. The van der Waals surface area contributed by atoms with Gasteiger partial charge in [0, 0.05) is 49.2 Å². The Labute approximate surface area is 236 Å². The summed E-state index contributed by atoms with van der Waals surface area (Å²) in [7, 11) is 1.90. The Kier molecular flexibility index (Phi) is 5.95. The number of rotatable bonds is 7. The van der Waals surface area contributed by atoms with E-state index >= 15 is 0 Å². The third kappa shape index (κ3) is 4.37. The molecule has 4 amide bonds. The van der Waals surface area contributed by atoms with Gasteiger partial charge in [-0.15, -0.1) is 0 Å². The summed E-state index contributed by atoms with van der Waals surface area (Å²) in [5.41, 5.74) is 6.55. The van der Waals surface area contributed by atoms with Gasteiger partial charge in [-0.2, -0.15) is 5.10 Å². The smallest absolute Gasteiger partial charge is 0.262 e. The number of imide groups is 2. The fraction of sp³-hybridized carbons (Fsp3) is 0.333. The van der Waals surface area contributed by atoms with Gasteiger partial charge < -0.3 is 10.6 Å². The largest absolute Gasteiger partial charge is 0.386 e. The van der Waals surface area contributed by atoms with Crippen molar-refractivity contribution in [1.29, 1.82) is 0 Å². The van der Waals surface area contributed by atoms with Gasteiger partial charge in [-0.05, 0) is 68.0 Å². The lowest BCUT2D eigenvalue weighted by molar-refractivity contribution is -0.136. The average molecular weight is 552 g/mol. The molecular weight excluding hydrogens is 522 g/mol. The summed E-state index contributed by atoms with van der Waals surface area (Å²) in [6, 6.07) is 8.24. The first-order valence-corrected chi connectivity index (χ1v) is 13.9. The first kappa shape index (κ1) is 25.2. The van der Waals surface area contributed by atoms with Crippen LogP contribution in [0.3, 0.4) is 0 Å². The van der Waals surface area contributed by atoms with Crippen LogP contribution in [0.25, 0.3) is 11.3 Å². The summed E-state index contributed by atoms with van der Waals surface area (Å²) in [6.07, 6.45) is 10.1. The second-order valence-electron chi connectivity index (χ2n) is 11.0. The zero-order valence-electron chi connectivity index (χ0n) is 22.5. The van der Waals surface area contributed by atoms with E-state index in [9.17, 15) is 19.2 Å². The topological polar surface area (TPSA) is 138 Å². The van der Waals surface area contributed by atoms with Crippen LogP contribution in [0.5, 0.6) is 0 Å². The number of carbonyl (C=O) groups is 4. The number of fused-ring (bicyclic) bond motifs is 1. The van der Waals surface area contributed by atoms with Crippen LogP contribution in [0.1, 0.15) is 76.9 Å². The van der Waals surface area contributed by atoms with Crippen LogP contribution in [0.15, 0.2) is 54.5 Å². The quantitative estimate of drug-likeness (QED) is 0.379. The Morgan fingerprint density at radius 2 is 1.80 bits per heavy atom. The molecule has 0 bridgehead atoms. The van der Waals surface area contributed by atoms with Crippen LogP contribution in [0.2, 0.25) is 0 Å². The molecule has 2 aromatic heterocycles. The molecule has 41 heavy (non-hydrogen) atoms. The number of nitrogens with zero attached hydrogens (tertiary/aromatic N) is 4. The number of hydrogen-bond acceptors (Lipinski definition) is 8. The highest BCUT2D eigenvalue weighted by Crippen LogP contribution is 2.46. The maximum absolute atomic E-state index is 13.1. The standard InChI is InChI=1S/C30H29N7O4/c1-31-23-3-2-10-32-27(23)22-15-36(35-26(22)17-4-5-17)19-11-16(12-19)14-33-18-6-7-20-21(13-18)30(41)37(29(20)40)24-8-9-25(38)34-28(24)39/h2-3,6-7,10,13-15,17,19,24,31,33H,4-5,8-9,11-12H2,1H3,(H,34,38,39). The molecule has 3 fully saturated rings. The van der Waals surface area contributed by atoms with Crippen LogP contribution in [0, 0.1) is 0 Å². The minimum atomic E-state index is -0.976. The van der Waals surface area contributed by atoms with E-state index in [-0.39, 0.29) is 30.0 Å². The van der Waals surface area contributed by atoms with Crippen molar-refractivity contribution in [1.82, 2.24) is 25.0 Å². The number of hydrogen-bond donors (Lipinski definition) is 3. The summed E-state index contributed by atoms with van der Waals surface area (Å²) in [5.74, 6) is -1.55. The minimum Gasteiger partial charge on any atom is -0.386 e. The highest BCUT2D eigenvalue weighted by molar-refractivity contribution is 6.23. The van der Waals surface area contributed by atoms with Crippen molar-refractivity contribution in [2.24, 2.45) is 0 Å². The monoisotopic (exact) mass is 551 g/mol. The van der Waals surface area contributed by atoms with E-state index in [4.69, 9.17) is 5.10 Å². The normalized spacial score (nSPS) is 21.9. The van der Waals surface area contributed by atoms with Gasteiger partial charge in [-0.3, -0.25) is 39.1 Å². The van der Waals surface area contributed by atoms with E-state index in [1.807, 2.05) is 31.6 Å². The van der Waals surface area contributed by atoms with Crippen LogP contribution >= 0.6 is 0 Å². The Bertz CT molecular complexity index is 1650. The van der Waals surface area contributed by atoms with Gasteiger partial charge in [0.15, 0.2) is 0 Å². The van der Waals surface area contributed by atoms with E-state index in [0.717, 1.165) is 53.2 Å². The molecule has 1 saturated heterocycles. The molecule has 1 unspecified atom stereocenters. The van der Waals surface area contributed by atoms with E-state index in [1.165, 1.54) is 5.57 Å². The number of carbonyl (C=O) groups excluding carboxylic acids is 4. The van der Waals surface area contributed by atoms with Crippen LogP contribution in [-0.4, -0.2) is 56.4 Å². The molecule has 2 saturated carbocycles. The Hall–Kier alpha value is -4.80. The van der Waals surface area contributed by atoms with Crippen molar-refractivity contribution >= 4 is 35.0 Å². The van der Waals surface area contributed by atoms with Crippen molar-refractivity contribution in [2.75, 3.05) is 17.7 Å². The third-order valence-corrected chi connectivity index (χ3v) is 8.31.